The second kappa shape index (κ2) is 7.33. The summed E-state index contributed by atoms with van der Waals surface area (Å²) in [5.41, 5.74) is 5.60. The number of aromatic nitrogens is 4. The Bertz CT molecular complexity index is 937. The zero-order valence-electron chi connectivity index (χ0n) is 15.4. The van der Waals surface area contributed by atoms with E-state index in [0.29, 0.717) is 17.3 Å². The van der Waals surface area contributed by atoms with Crippen LogP contribution in [-0.4, -0.2) is 25.5 Å². The Hall–Kier alpha value is -2.60. The summed E-state index contributed by atoms with van der Waals surface area (Å²) in [5, 5.41) is 12.3. The molecule has 0 saturated heterocycles. The van der Waals surface area contributed by atoms with Gasteiger partial charge in [0.2, 0.25) is 5.91 Å². The van der Waals surface area contributed by atoms with Gasteiger partial charge in [-0.15, -0.1) is 0 Å². The predicted octanol–water partition coefficient (Wildman–Crippen LogP) is 3.65. The topological polar surface area (TPSA) is 64.7 Å². The SMILES string of the molecule is Cc1ccccc1Cn1nc(C)c(NC(=O)Cn2cc(Cl)c(C)n2)c1C. The van der Waals surface area contributed by atoms with Gasteiger partial charge in [-0.1, -0.05) is 35.9 Å². The molecule has 0 atom stereocenters. The minimum atomic E-state index is -0.161. The molecule has 0 spiro atoms. The Kier molecular flexibility index (Phi) is 5.13. The third-order valence-electron chi connectivity index (χ3n) is 4.42. The molecule has 2 aromatic heterocycles. The van der Waals surface area contributed by atoms with Crippen LogP contribution < -0.4 is 5.32 Å². The molecule has 136 valence electrons. The van der Waals surface area contributed by atoms with Gasteiger partial charge < -0.3 is 5.32 Å². The molecule has 1 aromatic carbocycles. The van der Waals surface area contributed by atoms with Crippen molar-refractivity contribution < 1.29 is 4.79 Å². The van der Waals surface area contributed by atoms with E-state index < -0.39 is 0 Å². The molecular formula is C19H22ClN5O. The monoisotopic (exact) mass is 371 g/mol. The second-order valence-corrected chi connectivity index (χ2v) is 6.85. The van der Waals surface area contributed by atoms with Gasteiger partial charge in [0.15, 0.2) is 0 Å². The Balaban J connectivity index is 1.75. The fourth-order valence-electron chi connectivity index (χ4n) is 2.88. The molecule has 0 fully saturated rings. The number of carbonyl (C=O) groups excluding carboxylic acids is 1. The standard InChI is InChI=1S/C19H22ClN5O/c1-12-7-5-6-8-16(12)9-25-15(4)19(14(3)23-25)21-18(26)11-24-10-17(20)13(2)22-24/h5-8,10H,9,11H2,1-4H3,(H,21,26). The maximum atomic E-state index is 12.4. The lowest BCUT2D eigenvalue weighted by molar-refractivity contribution is -0.116. The van der Waals surface area contributed by atoms with E-state index in [0.717, 1.165) is 17.1 Å². The van der Waals surface area contributed by atoms with Crippen molar-refractivity contribution in [1.82, 2.24) is 19.6 Å². The van der Waals surface area contributed by atoms with E-state index >= 15 is 0 Å². The number of amides is 1. The molecular weight excluding hydrogens is 350 g/mol. The van der Waals surface area contributed by atoms with Crippen LogP contribution in [0.5, 0.6) is 0 Å². The molecule has 6 nitrogen and oxygen atoms in total. The van der Waals surface area contributed by atoms with Crippen LogP contribution in [0.25, 0.3) is 0 Å². The van der Waals surface area contributed by atoms with Gasteiger partial charge in [-0.2, -0.15) is 10.2 Å². The fourth-order valence-corrected chi connectivity index (χ4v) is 3.03. The summed E-state index contributed by atoms with van der Waals surface area (Å²) < 4.78 is 3.46. The van der Waals surface area contributed by atoms with Crippen LogP contribution in [0.1, 0.15) is 28.2 Å². The Morgan fingerprint density at radius 2 is 1.85 bits per heavy atom. The number of hydrogen-bond donors (Lipinski definition) is 1. The number of halogens is 1. The van der Waals surface area contributed by atoms with Crippen molar-refractivity contribution in [2.75, 3.05) is 5.32 Å². The quantitative estimate of drug-likeness (QED) is 0.744. The summed E-state index contributed by atoms with van der Waals surface area (Å²) in [7, 11) is 0. The lowest BCUT2D eigenvalue weighted by Crippen LogP contribution is -2.20. The summed E-state index contributed by atoms with van der Waals surface area (Å²) in [6.45, 7) is 8.52. The summed E-state index contributed by atoms with van der Waals surface area (Å²) in [5.74, 6) is -0.161. The predicted molar refractivity (Wildman–Crippen MR) is 103 cm³/mol. The van der Waals surface area contributed by atoms with Crippen molar-refractivity contribution in [1.29, 1.82) is 0 Å². The number of aryl methyl sites for hydroxylation is 3. The molecule has 0 radical (unpaired) electrons. The minimum Gasteiger partial charge on any atom is -0.321 e. The summed E-state index contributed by atoms with van der Waals surface area (Å²) in [6, 6.07) is 8.22. The number of carbonyl (C=O) groups is 1. The second-order valence-electron chi connectivity index (χ2n) is 6.44. The number of benzene rings is 1. The number of nitrogens with one attached hydrogen (secondary N) is 1. The first-order valence-corrected chi connectivity index (χ1v) is 8.81. The van der Waals surface area contributed by atoms with Gasteiger partial charge >= 0.3 is 0 Å². The van der Waals surface area contributed by atoms with Crippen LogP contribution in [0.15, 0.2) is 30.5 Å². The van der Waals surface area contributed by atoms with Crippen LogP contribution in [0.4, 0.5) is 5.69 Å². The Morgan fingerprint density at radius 3 is 2.50 bits per heavy atom. The third kappa shape index (κ3) is 3.80. The van der Waals surface area contributed by atoms with E-state index in [2.05, 4.69) is 34.6 Å². The molecule has 0 aliphatic carbocycles. The highest BCUT2D eigenvalue weighted by atomic mass is 35.5. The largest absolute Gasteiger partial charge is 0.321 e. The number of anilines is 1. The van der Waals surface area contributed by atoms with Gasteiger partial charge in [0.05, 0.1) is 34.3 Å². The van der Waals surface area contributed by atoms with Crippen LogP contribution in [0.3, 0.4) is 0 Å². The van der Waals surface area contributed by atoms with Crippen LogP contribution in [0.2, 0.25) is 5.02 Å². The number of nitrogens with zero attached hydrogens (tertiary/aromatic N) is 4. The first kappa shape index (κ1) is 18.2. The van der Waals surface area contributed by atoms with E-state index in [9.17, 15) is 4.79 Å². The third-order valence-corrected chi connectivity index (χ3v) is 4.79. The van der Waals surface area contributed by atoms with E-state index in [-0.39, 0.29) is 12.5 Å². The van der Waals surface area contributed by atoms with Crippen LogP contribution in [-0.2, 0) is 17.9 Å². The van der Waals surface area contributed by atoms with Crippen molar-refractivity contribution >= 4 is 23.2 Å². The maximum Gasteiger partial charge on any atom is 0.246 e. The van der Waals surface area contributed by atoms with Gasteiger partial charge in [0, 0.05) is 6.20 Å². The highest BCUT2D eigenvalue weighted by molar-refractivity contribution is 6.31. The van der Waals surface area contributed by atoms with E-state index in [1.165, 1.54) is 15.8 Å². The van der Waals surface area contributed by atoms with Crippen molar-refractivity contribution in [2.24, 2.45) is 0 Å². The molecule has 3 aromatic rings. The van der Waals surface area contributed by atoms with Crippen LogP contribution >= 0.6 is 11.6 Å². The highest BCUT2D eigenvalue weighted by Crippen LogP contribution is 2.21. The van der Waals surface area contributed by atoms with E-state index in [1.807, 2.05) is 30.7 Å². The van der Waals surface area contributed by atoms with Gasteiger partial charge in [-0.05, 0) is 38.8 Å². The lowest BCUT2D eigenvalue weighted by Gasteiger charge is -2.09. The van der Waals surface area contributed by atoms with Gasteiger partial charge in [0.1, 0.15) is 6.54 Å². The van der Waals surface area contributed by atoms with Crippen LogP contribution in [0, 0.1) is 27.7 Å². The lowest BCUT2D eigenvalue weighted by atomic mass is 10.1. The maximum absolute atomic E-state index is 12.4. The number of hydrogen-bond acceptors (Lipinski definition) is 3. The van der Waals surface area contributed by atoms with E-state index in [1.54, 1.807) is 13.1 Å². The highest BCUT2D eigenvalue weighted by Gasteiger charge is 2.15. The van der Waals surface area contributed by atoms with Gasteiger partial charge in [-0.3, -0.25) is 14.2 Å². The van der Waals surface area contributed by atoms with Crippen molar-refractivity contribution in [3.63, 3.8) is 0 Å². The van der Waals surface area contributed by atoms with Crippen molar-refractivity contribution in [3.8, 4) is 0 Å². The Morgan fingerprint density at radius 1 is 1.12 bits per heavy atom. The fraction of sp³-hybridized carbons (Fsp3) is 0.316. The minimum absolute atomic E-state index is 0.107. The normalized spacial score (nSPS) is 11.0. The molecule has 0 aliphatic heterocycles. The molecule has 26 heavy (non-hydrogen) atoms. The molecule has 1 N–H and O–H groups in total. The molecule has 0 bridgehead atoms. The van der Waals surface area contributed by atoms with Crippen molar-refractivity contribution in [2.45, 2.75) is 40.8 Å². The first-order valence-electron chi connectivity index (χ1n) is 8.43. The van der Waals surface area contributed by atoms with Gasteiger partial charge in [0.25, 0.3) is 0 Å². The zero-order chi connectivity index (χ0) is 18.8. The molecule has 2 heterocycles. The van der Waals surface area contributed by atoms with E-state index in [4.69, 9.17) is 11.6 Å². The number of rotatable bonds is 5. The average Bonchev–Trinajstić information content (AvgIpc) is 3.03. The molecule has 0 saturated carbocycles. The molecule has 1 amide bonds. The molecule has 0 aliphatic rings. The zero-order valence-corrected chi connectivity index (χ0v) is 16.1. The summed E-state index contributed by atoms with van der Waals surface area (Å²) in [6.07, 6.45) is 1.65. The molecule has 0 unspecified atom stereocenters. The van der Waals surface area contributed by atoms with Crippen molar-refractivity contribution in [3.05, 3.63) is 63.7 Å². The molecule has 7 heteroatoms. The smallest absolute Gasteiger partial charge is 0.246 e. The van der Waals surface area contributed by atoms with Gasteiger partial charge in [-0.25, -0.2) is 0 Å². The Labute approximate surface area is 157 Å². The molecule has 3 rings (SSSR count). The average molecular weight is 372 g/mol. The summed E-state index contributed by atoms with van der Waals surface area (Å²) in [4.78, 5) is 12.4. The summed E-state index contributed by atoms with van der Waals surface area (Å²) >= 11 is 5.99. The first-order chi connectivity index (χ1) is 12.3.